The van der Waals surface area contributed by atoms with E-state index in [1.165, 1.54) is 11.3 Å². The largest absolute Gasteiger partial charge is 0.344 e. The van der Waals surface area contributed by atoms with Gasteiger partial charge in [-0.3, -0.25) is 14.4 Å². The minimum atomic E-state index is -3.48. The lowest BCUT2D eigenvalue weighted by molar-refractivity contribution is -0.129. The van der Waals surface area contributed by atoms with Gasteiger partial charge >= 0.3 is 0 Å². The molecule has 2 atom stereocenters. The van der Waals surface area contributed by atoms with Crippen LogP contribution in [0.5, 0.6) is 0 Å². The van der Waals surface area contributed by atoms with Gasteiger partial charge in [0.25, 0.3) is 5.91 Å². The Bertz CT molecular complexity index is 1080. The number of hydrogen-bond donors (Lipinski definition) is 2. The predicted molar refractivity (Wildman–Crippen MR) is 125 cm³/mol. The van der Waals surface area contributed by atoms with Crippen molar-refractivity contribution in [3.63, 3.8) is 0 Å². The lowest BCUT2D eigenvalue weighted by atomic mass is 10.0. The van der Waals surface area contributed by atoms with Crippen molar-refractivity contribution in [1.82, 2.24) is 14.9 Å². The maximum atomic E-state index is 13.0. The molecule has 174 valence electrons. The SMILES string of the molecule is CC(C)C[C@H](NC(=O)c1cc2ccccc2s1)C(=O)NC1CCCN(S(C)(=O)=O)CC1=O. The molecular formula is C22H29N3O5S2. The second-order valence-corrected chi connectivity index (χ2v) is 11.6. The number of thiophene rings is 1. The summed E-state index contributed by atoms with van der Waals surface area (Å²) in [7, 11) is -3.48. The summed E-state index contributed by atoms with van der Waals surface area (Å²) in [5, 5.41) is 6.53. The Kier molecular flexibility index (Phi) is 7.68. The molecule has 2 N–H and O–H groups in total. The first-order valence-corrected chi connectivity index (χ1v) is 13.3. The van der Waals surface area contributed by atoms with E-state index in [9.17, 15) is 22.8 Å². The average Bonchev–Trinajstić information content (AvgIpc) is 3.05. The molecule has 2 heterocycles. The summed E-state index contributed by atoms with van der Waals surface area (Å²) in [5.74, 6) is -0.971. The molecule has 1 saturated heterocycles. The first kappa shape index (κ1) is 24.3. The van der Waals surface area contributed by atoms with Crippen LogP contribution in [0.2, 0.25) is 0 Å². The number of amides is 2. The van der Waals surface area contributed by atoms with Gasteiger partial charge in [0, 0.05) is 11.2 Å². The number of fused-ring (bicyclic) bond motifs is 1. The van der Waals surface area contributed by atoms with Crippen LogP contribution in [0.15, 0.2) is 30.3 Å². The minimum Gasteiger partial charge on any atom is -0.344 e. The third-order valence-corrected chi connectivity index (χ3v) is 7.75. The number of carbonyl (C=O) groups is 3. The molecule has 0 radical (unpaired) electrons. The number of ketones is 1. The van der Waals surface area contributed by atoms with Crippen LogP contribution in [0, 0.1) is 5.92 Å². The molecule has 10 heteroatoms. The number of nitrogens with zero attached hydrogens (tertiary/aromatic N) is 1. The summed E-state index contributed by atoms with van der Waals surface area (Å²) < 4.78 is 25.7. The average molecular weight is 480 g/mol. The Morgan fingerprint density at radius 2 is 1.97 bits per heavy atom. The first-order chi connectivity index (χ1) is 15.0. The van der Waals surface area contributed by atoms with Crippen LogP contribution in [0.25, 0.3) is 10.1 Å². The van der Waals surface area contributed by atoms with Gasteiger partial charge in [-0.1, -0.05) is 32.0 Å². The summed E-state index contributed by atoms with van der Waals surface area (Å²) in [4.78, 5) is 39.0. The van der Waals surface area contributed by atoms with Crippen LogP contribution in [-0.2, 0) is 19.6 Å². The molecule has 0 aliphatic carbocycles. The van der Waals surface area contributed by atoms with E-state index in [4.69, 9.17) is 0 Å². The molecule has 1 unspecified atom stereocenters. The van der Waals surface area contributed by atoms with Crippen LogP contribution >= 0.6 is 11.3 Å². The van der Waals surface area contributed by atoms with Gasteiger partial charge in [0.15, 0.2) is 5.78 Å². The second kappa shape index (κ2) is 10.1. The van der Waals surface area contributed by atoms with Crippen molar-refractivity contribution in [3.05, 3.63) is 35.2 Å². The maximum absolute atomic E-state index is 13.0. The molecule has 1 aromatic heterocycles. The Morgan fingerprint density at radius 3 is 2.62 bits per heavy atom. The summed E-state index contributed by atoms with van der Waals surface area (Å²) in [6.07, 6.45) is 2.31. The van der Waals surface area contributed by atoms with Crippen LogP contribution in [0.1, 0.15) is 42.8 Å². The fraction of sp³-hybridized carbons (Fsp3) is 0.500. The number of hydrogen-bond acceptors (Lipinski definition) is 6. The number of rotatable bonds is 7. The summed E-state index contributed by atoms with van der Waals surface area (Å²) in [6, 6.07) is 7.91. The lowest BCUT2D eigenvalue weighted by Gasteiger charge is -2.23. The van der Waals surface area contributed by atoms with Crippen molar-refractivity contribution in [1.29, 1.82) is 0 Å². The van der Waals surface area contributed by atoms with E-state index < -0.39 is 28.0 Å². The molecule has 3 rings (SSSR count). The van der Waals surface area contributed by atoms with E-state index >= 15 is 0 Å². The zero-order valence-corrected chi connectivity index (χ0v) is 20.1. The molecule has 2 amide bonds. The number of Topliss-reactive ketones (excluding diaryl/α,β-unsaturated/α-hetero) is 1. The molecule has 0 spiro atoms. The molecule has 1 aliphatic heterocycles. The molecule has 0 saturated carbocycles. The maximum Gasteiger partial charge on any atom is 0.262 e. The quantitative estimate of drug-likeness (QED) is 0.632. The van der Waals surface area contributed by atoms with E-state index in [-0.39, 0.29) is 30.7 Å². The summed E-state index contributed by atoms with van der Waals surface area (Å²) >= 11 is 1.36. The highest BCUT2D eigenvalue weighted by atomic mass is 32.2. The smallest absolute Gasteiger partial charge is 0.262 e. The molecule has 0 bridgehead atoms. The van der Waals surface area contributed by atoms with Crippen molar-refractivity contribution in [3.8, 4) is 0 Å². The molecule has 1 aliphatic rings. The standard InChI is InChI=1S/C22H29N3O5S2/c1-14(2)11-17(24-22(28)20-12-15-7-4-5-9-19(15)31-20)21(27)23-16-8-6-10-25(13-18(16)26)32(3,29)30/h4-5,7,9,12,14,16-17H,6,8,10-11,13H2,1-3H3,(H,23,27)(H,24,28)/t16?,17-/m0/s1. The Balaban J connectivity index is 1.70. The lowest BCUT2D eigenvalue weighted by Crippen LogP contribution is -2.52. The van der Waals surface area contributed by atoms with Gasteiger partial charge in [-0.05, 0) is 42.7 Å². The highest BCUT2D eigenvalue weighted by Crippen LogP contribution is 2.25. The van der Waals surface area contributed by atoms with Gasteiger partial charge in [-0.25, -0.2) is 8.42 Å². The monoisotopic (exact) mass is 479 g/mol. The van der Waals surface area contributed by atoms with E-state index in [1.807, 2.05) is 38.1 Å². The Hall–Kier alpha value is -2.30. The van der Waals surface area contributed by atoms with Crippen molar-refractivity contribution in [2.24, 2.45) is 5.92 Å². The third kappa shape index (κ3) is 6.14. The van der Waals surface area contributed by atoms with E-state index in [1.54, 1.807) is 6.07 Å². The van der Waals surface area contributed by atoms with Gasteiger partial charge < -0.3 is 10.6 Å². The topological polar surface area (TPSA) is 113 Å². The normalized spacial score (nSPS) is 19.0. The number of carbonyl (C=O) groups excluding carboxylic acids is 3. The molecule has 8 nitrogen and oxygen atoms in total. The fourth-order valence-corrected chi connectivity index (χ4v) is 5.52. The van der Waals surface area contributed by atoms with E-state index in [0.717, 1.165) is 20.6 Å². The van der Waals surface area contributed by atoms with Gasteiger partial charge in [0.1, 0.15) is 6.04 Å². The highest BCUT2D eigenvalue weighted by molar-refractivity contribution is 7.88. The number of benzene rings is 1. The van der Waals surface area contributed by atoms with Gasteiger partial charge in [0.05, 0.1) is 23.7 Å². The molecule has 1 aromatic carbocycles. The van der Waals surface area contributed by atoms with Crippen molar-refractivity contribution >= 4 is 49.0 Å². The predicted octanol–water partition coefficient (Wildman–Crippen LogP) is 2.16. The Labute approximate surface area is 192 Å². The fourth-order valence-electron chi connectivity index (χ4n) is 3.73. The first-order valence-electron chi connectivity index (χ1n) is 10.6. The van der Waals surface area contributed by atoms with E-state index in [0.29, 0.717) is 24.1 Å². The zero-order valence-electron chi connectivity index (χ0n) is 18.5. The molecule has 2 aromatic rings. The molecule has 32 heavy (non-hydrogen) atoms. The van der Waals surface area contributed by atoms with Crippen LogP contribution in [0.4, 0.5) is 0 Å². The van der Waals surface area contributed by atoms with Gasteiger partial charge in [-0.2, -0.15) is 4.31 Å². The van der Waals surface area contributed by atoms with E-state index in [2.05, 4.69) is 10.6 Å². The number of nitrogens with one attached hydrogen (secondary N) is 2. The molecule has 1 fully saturated rings. The molecular weight excluding hydrogens is 450 g/mol. The summed E-state index contributed by atoms with van der Waals surface area (Å²) in [5.41, 5.74) is 0. The second-order valence-electron chi connectivity index (χ2n) is 8.57. The van der Waals surface area contributed by atoms with Gasteiger partial charge in [-0.15, -0.1) is 11.3 Å². The van der Waals surface area contributed by atoms with Crippen LogP contribution in [-0.4, -0.2) is 61.7 Å². The summed E-state index contributed by atoms with van der Waals surface area (Å²) in [6.45, 7) is 3.89. The number of sulfonamides is 1. The van der Waals surface area contributed by atoms with Crippen LogP contribution in [0.3, 0.4) is 0 Å². The van der Waals surface area contributed by atoms with Crippen molar-refractivity contribution in [2.75, 3.05) is 19.3 Å². The van der Waals surface area contributed by atoms with Crippen molar-refractivity contribution in [2.45, 2.75) is 45.2 Å². The highest BCUT2D eigenvalue weighted by Gasteiger charge is 2.32. The van der Waals surface area contributed by atoms with Crippen LogP contribution < -0.4 is 10.6 Å². The van der Waals surface area contributed by atoms with Crippen molar-refractivity contribution < 1.29 is 22.8 Å². The third-order valence-electron chi connectivity index (χ3n) is 5.38. The van der Waals surface area contributed by atoms with Gasteiger partial charge in [0.2, 0.25) is 15.9 Å². The zero-order chi connectivity index (χ0) is 23.5. The Morgan fingerprint density at radius 1 is 1.25 bits per heavy atom. The minimum absolute atomic E-state index is 0.138.